The van der Waals surface area contributed by atoms with Gasteiger partial charge in [-0.05, 0) is 44.5 Å². The second-order valence-corrected chi connectivity index (χ2v) is 5.15. The van der Waals surface area contributed by atoms with Crippen LogP contribution in [0.2, 0.25) is 0 Å². The fourth-order valence-corrected chi connectivity index (χ4v) is 2.13. The Morgan fingerprint density at radius 3 is 2.88 bits per heavy atom. The minimum absolute atomic E-state index is 0.260. The molecule has 1 aromatic carbocycles. The standard InChI is InChI=1S/C16H22N4O4/c1-3-23-15(21)5-4-8-17-16(22)19-20-18-13-6-7-14-12(10-13)9-11(2)24-14/h6-7,9-10,18,20H,3-5,8H2,1-2H3,(H2,17,19,22). The van der Waals surface area contributed by atoms with Crippen LogP contribution in [0.5, 0.6) is 0 Å². The Morgan fingerprint density at radius 1 is 1.25 bits per heavy atom. The van der Waals surface area contributed by atoms with Gasteiger partial charge in [-0.1, -0.05) is 0 Å². The van der Waals surface area contributed by atoms with E-state index in [0.29, 0.717) is 19.6 Å². The van der Waals surface area contributed by atoms with E-state index in [-0.39, 0.29) is 12.4 Å². The number of benzene rings is 1. The second kappa shape index (κ2) is 8.78. The summed E-state index contributed by atoms with van der Waals surface area (Å²) in [4.78, 5) is 22.7. The minimum Gasteiger partial charge on any atom is -0.466 e. The number of hydrogen-bond donors (Lipinski definition) is 4. The summed E-state index contributed by atoms with van der Waals surface area (Å²) in [5.74, 6) is 0.583. The maximum Gasteiger partial charge on any atom is 0.330 e. The topological polar surface area (TPSA) is 105 Å². The van der Waals surface area contributed by atoms with Crippen molar-refractivity contribution in [3.63, 3.8) is 0 Å². The van der Waals surface area contributed by atoms with E-state index in [0.717, 1.165) is 22.4 Å². The fourth-order valence-electron chi connectivity index (χ4n) is 2.13. The quantitative estimate of drug-likeness (QED) is 0.335. The lowest BCUT2D eigenvalue weighted by Crippen LogP contribution is -2.46. The Morgan fingerprint density at radius 2 is 2.08 bits per heavy atom. The van der Waals surface area contributed by atoms with E-state index in [1.807, 2.05) is 31.2 Å². The van der Waals surface area contributed by atoms with Crippen LogP contribution >= 0.6 is 0 Å². The van der Waals surface area contributed by atoms with Crippen LogP contribution in [-0.4, -0.2) is 25.2 Å². The van der Waals surface area contributed by atoms with Crippen molar-refractivity contribution in [3.05, 3.63) is 30.0 Å². The number of hydrazine groups is 2. The molecule has 0 saturated carbocycles. The predicted molar refractivity (Wildman–Crippen MR) is 90.1 cm³/mol. The first-order valence-electron chi connectivity index (χ1n) is 7.79. The Balaban J connectivity index is 1.63. The molecular weight excluding hydrogens is 312 g/mol. The second-order valence-electron chi connectivity index (χ2n) is 5.15. The Kier molecular flexibility index (Phi) is 6.44. The van der Waals surface area contributed by atoms with Crippen LogP contribution in [0.1, 0.15) is 25.5 Å². The lowest BCUT2D eigenvalue weighted by molar-refractivity contribution is -0.143. The molecule has 0 aliphatic rings. The summed E-state index contributed by atoms with van der Waals surface area (Å²) in [5.41, 5.74) is 9.51. The first-order chi connectivity index (χ1) is 11.6. The number of nitrogens with one attached hydrogen (secondary N) is 4. The van der Waals surface area contributed by atoms with Gasteiger partial charge in [0, 0.05) is 18.4 Å². The average Bonchev–Trinajstić information content (AvgIpc) is 2.91. The molecule has 0 fully saturated rings. The molecule has 8 heteroatoms. The van der Waals surface area contributed by atoms with Crippen LogP contribution in [0.3, 0.4) is 0 Å². The summed E-state index contributed by atoms with van der Waals surface area (Å²) in [7, 11) is 0. The third kappa shape index (κ3) is 5.47. The van der Waals surface area contributed by atoms with Crippen LogP contribution in [0.25, 0.3) is 11.0 Å². The molecule has 8 nitrogen and oxygen atoms in total. The lowest BCUT2D eigenvalue weighted by Gasteiger charge is -2.10. The summed E-state index contributed by atoms with van der Waals surface area (Å²) in [5, 5.41) is 3.60. The molecule has 130 valence electrons. The smallest absolute Gasteiger partial charge is 0.330 e. The van der Waals surface area contributed by atoms with Crippen LogP contribution in [0.4, 0.5) is 10.5 Å². The predicted octanol–water partition coefficient (Wildman–Crippen LogP) is 2.22. The van der Waals surface area contributed by atoms with Crippen molar-refractivity contribution in [3.8, 4) is 0 Å². The van der Waals surface area contributed by atoms with Gasteiger partial charge in [0.05, 0.1) is 12.3 Å². The number of rotatable bonds is 8. The molecule has 0 aliphatic heterocycles. The number of ether oxygens (including phenoxy) is 1. The Labute approximate surface area is 139 Å². The third-order valence-electron chi connectivity index (χ3n) is 3.17. The highest BCUT2D eigenvalue weighted by molar-refractivity contribution is 5.81. The van der Waals surface area contributed by atoms with E-state index < -0.39 is 6.03 Å². The number of carbonyl (C=O) groups excluding carboxylic acids is 2. The largest absolute Gasteiger partial charge is 0.466 e. The lowest BCUT2D eigenvalue weighted by atomic mass is 10.2. The first kappa shape index (κ1) is 17.6. The highest BCUT2D eigenvalue weighted by Crippen LogP contribution is 2.21. The van der Waals surface area contributed by atoms with E-state index in [1.165, 1.54) is 0 Å². The van der Waals surface area contributed by atoms with Gasteiger partial charge in [0.15, 0.2) is 0 Å². The molecular formula is C16H22N4O4. The molecule has 0 saturated heterocycles. The van der Waals surface area contributed by atoms with E-state index in [2.05, 4.69) is 21.7 Å². The number of fused-ring (bicyclic) bond motifs is 1. The van der Waals surface area contributed by atoms with E-state index in [1.54, 1.807) is 6.92 Å². The zero-order chi connectivity index (χ0) is 17.4. The molecule has 2 amide bonds. The summed E-state index contributed by atoms with van der Waals surface area (Å²) in [6.45, 7) is 4.39. The van der Waals surface area contributed by atoms with Crippen LogP contribution in [0, 0.1) is 6.92 Å². The molecule has 1 aromatic heterocycles. The Bertz CT molecular complexity index is 698. The van der Waals surface area contributed by atoms with Crippen molar-refractivity contribution in [2.24, 2.45) is 0 Å². The maximum atomic E-state index is 11.6. The van der Waals surface area contributed by atoms with Gasteiger partial charge in [-0.2, -0.15) is 0 Å². The number of carbonyl (C=O) groups is 2. The molecule has 0 radical (unpaired) electrons. The van der Waals surface area contributed by atoms with Gasteiger partial charge in [0.25, 0.3) is 0 Å². The molecule has 2 aromatic rings. The molecule has 0 spiro atoms. The normalized spacial score (nSPS) is 10.4. The van der Waals surface area contributed by atoms with Gasteiger partial charge in [0.1, 0.15) is 11.3 Å². The molecule has 0 aliphatic carbocycles. The molecule has 0 unspecified atom stereocenters. The van der Waals surface area contributed by atoms with Crippen molar-refractivity contribution in [2.45, 2.75) is 26.7 Å². The van der Waals surface area contributed by atoms with Gasteiger partial charge < -0.3 is 19.9 Å². The monoisotopic (exact) mass is 334 g/mol. The van der Waals surface area contributed by atoms with Gasteiger partial charge in [0.2, 0.25) is 0 Å². The third-order valence-corrected chi connectivity index (χ3v) is 3.17. The van der Waals surface area contributed by atoms with Crippen molar-refractivity contribution in [1.82, 2.24) is 16.3 Å². The van der Waals surface area contributed by atoms with Crippen LogP contribution in [-0.2, 0) is 9.53 Å². The van der Waals surface area contributed by atoms with E-state index in [9.17, 15) is 9.59 Å². The zero-order valence-corrected chi connectivity index (χ0v) is 13.8. The van der Waals surface area contributed by atoms with Gasteiger partial charge in [-0.25, -0.2) is 4.79 Å². The van der Waals surface area contributed by atoms with Crippen molar-refractivity contribution in [2.75, 3.05) is 18.6 Å². The number of hydrogen-bond acceptors (Lipinski definition) is 6. The van der Waals surface area contributed by atoms with Crippen LogP contribution < -0.4 is 21.7 Å². The maximum absolute atomic E-state index is 11.6. The van der Waals surface area contributed by atoms with Crippen molar-refractivity contribution in [1.29, 1.82) is 0 Å². The molecule has 24 heavy (non-hydrogen) atoms. The van der Waals surface area contributed by atoms with Crippen LogP contribution in [0.15, 0.2) is 28.7 Å². The Hall–Kier alpha value is -2.74. The number of aryl methyl sites for hydroxylation is 1. The van der Waals surface area contributed by atoms with Crippen molar-refractivity contribution >= 4 is 28.7 Å². The summed E-state index contributed by atoms with van der Waals surface area (Å²) < 4.78 is 10.3. The number of esters is 1. The summed E-state index contributed by atoms with van der Waals surface area (Å²) in [6.07, 6.45) is 0.806. The summed E-state index contributed by atoms with van der Waals surface area (Å²) in [6, 6.07) is 7.12. The number of anilines is 1. The van der Waals surface area contributed by atoms with Gasteiger partial charge >= 0.3 is 12.0 Å². The average molecular weight is 334 g/mol. The minimum atomic E-state index is -0.397. The zero-order valence-electron chi connectivity index (χ0n) is 13.8. The molecule has 2 rings (SSSR count). The molecule has 0 atom stereocenters. The van der Waals surface area contributed by atoms with E-state index >= 15 is 0 Å². The number of urea groups is 1. The number of furan rings is 1. The molecule has 0 bridgehead atoms. The highest BCUT2D eigenvalue weighted by Gasteiger charge is 2.04. The molecule has 4 N–H and O–H groups in total. The van der Waals surface area contributed by atoms with Crippen molar-refractivity contribution < 1.29 is 18.7 Å². The highest BCUT2D eigenvalue weighted by atomic mass is 16.5. The summed E-state index contributed by atoms with van der Waals surface area (Å²) >= 11 is 0. The fraction of sp³-hybridized carbons (Fsp3) is 0.375. The van der Waals surface area contributed by atoms with E-state index in [4.69, 9.17) is 9.15 Å². The van der Waals surface area contributed by atoms with Gasteiger partial charge in [-0.15, -0.1) is 5.53 Å². The SMILES string of the molecule is CCOC(=O)CCCNC(=O)NNNc1ccc2oc(C)cc2c1. The molecule has 1 heterocycles. The van der Waals surface area contributed by atoms with Gasteiger partial charge in [-0.3, -0.25) is 10.2 Å². The first-order valence-corrected chi connectivity index (χ1v) is 7.79. The number of amides is 2.